The SMILES string of the molecule is COCc1cc(C(C)NCCS(C)=O)ccc1OC. The lowest BCUT2D eigenvalue weighted by Gasteiger charge is -2.16. The summed E-state index contributed by atoms with van der Waals surface area (Å²) in [4.78, 5) is 0. The van der Waals surface area contributed by atoms with Crippen molar-refractivity contribution >= 4 is 10.8 Å². The van der Waals surface area contributed by atoms with Gasteiger partial charge in [0.1, 0.15) is 5.75 Å². The molecule has 0 amide bonds. The molecule has 1 N–H and O–H groups in total. The van der Waals surface area contributed by atoms with Crippen LogP contribution in [0.25, 0.3) is 0 Å². The van der Waals surface area contributed by atoms with Gasteiger partial charge in [-0.1, -0.05) is 6.07 Å². The summed E-state index contributed by atoms with van der Waals surface area (Å²) < 4.78 is 21.5. The third-order valence-electron chi connectivity index (χ3n) is 2.94. The molecule has 0 aliphatic heterocycles. The van der Waals surface area contributed by atoms with Crippen molar-refractivity contribution in [2.45, 2.75) is 19.6 Å². The van der Waals surface area contributed by atoms with Crippen molar-refractivity contribution in [3.8, 4) is 5.75 Å². The van der Waals surface area contributed by atoms with Gasteiger partial charge in [-0.2, -0.15) is 0 Å². The van der Waals surface area contributed by atoms with Crippen molar-refractivity contribution in [1.82, 2.24) is 5.32 Å². The molecule has 2 unspecified atom stereocenters. The predicted octanol–water partition coefficient (Wildman–Crippen LogP) is 1.87. The molecule has 0 bridgehead atoms. The maximum absolute atomic E-state index is 11.0. The summed E-state index contributed by atoms with van der Waals surface area (Å²) in [5.74, 6) is 1.51. The zero-order valence-corrected chi connectivity index (χ0v) is 12.9. The summed E-state index contributed by atoms with van der Waals surface area (Å²) in [6, 6.07) is 6.30. The van der Waals surface area contributed by atoms with Crippen LogP contribution in [0.1, 0.15) is 24.1 Å². The van der Waals surface area contributed by atoms with E-state index < -0.39 is 10.8 Å². The summed E-state index contributed by atoms with van der Waals surface area (Å²) in [5.41, 5.74) is 2.21. The van der Waals surface area contributed by atoms with Crippen LogP contribution in [0, 0.1) is 0 Å². The average Bonchev–Trinajstić information content (AvgIpc) is 2.38. The van der Waals surface area contributed by atoms with E-state index in [0.717, 1.165) is 17.9 Å². The van der Waals surface area contributed by atoms with E-state index in [-0.39, 0.29) is 6.04 Å². The maximum atomic E-state index is 11.0. The van der Waals surface area contributed by atoms with Crippen LogP contribution in [-0.2, 0) is 22.1 Å². The highest BCUT2D eigenvalue weighted by Crippen LogP contribution is 2.23. The zero-order valence-electron chi connectivity index (χ0n) is 12.1. The van der Waals surface area contributed by atoms with Crippen molar-refractivity contribution in [3.63, 3.8) is 0 Å². The summed E-state index contributed by atoms with van der Waals surface area (Å²) in [5, 5.41) is 3.36. The summed E-state index contributed by atoms with van der Waals surface area (Å²) in [7, 11) is 2.58. The number of rotatable bonds is 8. The van der Waals surface area contributed by atoms with Crippen LogP contribution in [0.4, 0.5) is 0 Å². The third kappa shape index (κ3) is 5.30. The highest BCUT2D eigenvalue weighted by atomic mass is 32.2. The minimum absolute atomic E-state index is 0.213. The summed E-state index contributed by atoms with van der Waals surface area (Å²) >= 11 is 0. The molecule has 0 fully saturated rings. The van der Waals surface area contributed by atoms with Crippen LogP contribution in [0.3, 0.4) is 0 Å². The molecule has 0 saturated heterocycles. The van der Waals surface area contributed by atoms with Crippen molar-refractivity contribution in [2.24, 2.45) is 0 Å². The van der Waals surface area contributed by atoms with E-state index in [1.165, 1.54) is 5.56 Å². The Morgan fingerprint density at radius 1 is 1.37 bits per heavy atom. The van der Waals surface area contributed by atoms with Crippen LogP contribution < -0.4 is 10.1 Å². The largest absolute Gasteiger partial charge is 0.496 e. The monoisotopic (exact) mass is 285 g/mol. The fourth-order valence-corrected chi connectivity index (χ4v) is 2.28. The molecule has 1 aromatic carbocycles. The highest BCUT2D eigenvalue weighted by molar-refractivity contribution is 7.84. The van der Waals surface area contributed by atoms with Crippen molar-refractivity contribution in [2.75, 3.05) is 32.8 Å². The van der Waals surface area contributed by atoms with Crippen molar-refractivity contribution in [3.05, 3.63) is 29.3 Å². The Bertz CT molecular complexity index is 423. The molecular weight excluding hydrogens is 262 g/mol. The minimum Gasteiger partial charge on any atom is -0.496 e. The summed E-state index contributed by atoms with van der Waals surface area (Å²) in [6.07, 6.45) is 1.72. The van der Waals surface area contributed by atoms with Gasteiger partial charge in [-0.3, -0.25) is 4.21 Å². The fourth-order valence-electron chi connectivity index (χ4n) is 1.87. The van der Waals surface area contributed by atoms with Crippen LogP contribution in [-0.4, -0.2) is 37.0 Å². The molecule has 0 radical (unpaired) electrons. The van der Waals surface area contributed by atoms with E-state index in [4.69, 9.17) is 9.47 Å². The first-order valence-electron chi connectivity index (χ1n) is 6.27. The van der Waals surface area contributed by atoms with E-state index in [2.05, 4.69) is 18.3 Å². The smallest absolute Gasteiger partial charge is 0.124 e. The lowest BCUT2D eigenvalue weighted by molar-refractivity contribution is 0.181. The molecule has 4 nitrogen and oxygen atoms in total. The Balaban J connectivity index is 2.71. The van der Waals surface area contributed by atoms with Gasteiger partial charge in [0.2, 0.25) is 0 Å². The van der Waals surface area contributed by atoms with Gasteiger partial charge in [-0.25, -0.2) is 0 Å². The first-order valence-corrected chi connectivity index (χ1v) is 8.00. The second-order valence-electron chi connectivity index (χ2n) is 4.46. The van der Waals surface area contributed by atoms with Crippen LogP contribution in [0.15, 0.2) is 18.2 Å². The van der Waals surface area contributed by atoms with Crippen LogP contribution in [0.5, 0.6) is 5.75 Å². The molecule has 0 spiro atoms. The topological polar surface area (TPSA) is 47.6 Å². The minimum atomic E-state index is -0.753. The Kier molecular flexibility index (Phi) is 7.05. The second kappa shape index (κ2) is 8.30. The van der Waals surface area contributed by atoms with Crippen molar-refractivity contribution in [1.29, 1.82) is 0 Å². The molecule has 2 atom stereocenters. The fraction of sp³-hybridized carbons (Fsp3) is 0.571. The molecular formula is C14H23NO3S. The van der Waals surface area contributed by atoms with Gasteiger partial charge in [0.25, 0.3) is 0 Å². The second-order valence-corrected chi connectivity index (χ2v) is 6.01. The van der Waals surface area contributed by atoms with E-state index in [1.807, 2.05) is 12.1 Å². The Hall–Kier alpha value is -0.910. The van der Waals surface area contributed by atoms with E-state index in [0.29, 0.717) is 12.4 Å². The highest BCUT2D eigenvalue weighted by Gasteiger charge is 2.09. The standard InChI is InChI=1S/C14H23NO3S/c1-11(15-7-8-19(4)16)12-5-6-14(18-3)13(9-12)10-17-2/h5-6,9,11,15H,7-8,10H2,1-4H3. The molecule has 0 aliphatic rings. The van der Waals surface area contributed by atoms with E-state index >= 15 is 0 Å². The Morgan fingerprint density at radius 3 is 2.68 bits per heavy atom. The normalized spacial score (nSPS) is 14.1. The first kappa shape index (κ1) is 16.1. The van der Waals surface area contributed by atoms with Gasteiger partial charge in [0.15, 0.2) is 0 Å². The zero-order chi connectivity index (χ0) is 14.3. The number of benzene rings is 1. The van der Waals surface area contributed by atoms with E-state index in [9.17, 15) is 4.21 Å². The van der Waals surface area contributed by atoms with E-state index in [1.54, 1.807) is 20.5 Å². The van der Waals surface area contributed by atoms with Gasteiger partial charge in [-0.05, 0) is 24.6 Å². The molecule has 1 aromatic rings. The number of ether oxygens (including phenoxy) is 2. The molecule has 0 aliphatic carbocycles. The molecule has 0 aromatic heterocycles. The quantitative estimate of drug-likeness (QED) is 0.792. The molecule has 5 heteroatoms. The molecule has 1 rings (SSSR count). The molecule has 19 heavy (non-hydrogen) atoms. The lowest BCUT2D eigenvalue weighted by Crippen LogP contribution is -2.23. The maximum Gasteiger partial charge on any atom is 0.124 e. The summed E-state index contributed by atoms with van der Waals surface area (Å²) in [6.45, 7) is 3.37. The molecule has 0 saturated carbocycles. The first-order chi connectivity index (χ1) is 9.08. The lowest BCUT2D eigenvalue weighted by atomic mass is 10.0. The number of hydrogen-bond acceptors (Lipinski definition) is 4. The van der Waals surface area contributed by atoms with Gasteiger partial charge in [-0.15, -0.1) is 0 Å². The Labute approximate surface area is 118 Å². The third-order valence-corrected chi connectivity index (χ3v) is 3.72. The predicted molar refractivity (Wildman–Crippen MR) is 79.1 cm³/mol. The van der Waals surface area contributed by atoms with Crippen LogP contribution >= 0.6 is 0 Å². The molecule has 0 heterocycles. The van der Waals surface area contributed by atoms with Gasteiger partial charge < -0.3 is 14.8 Å². The Morgan fingerprint density at radius 2 is 2.11 bits per heavy atom. The number of hydrogen-bond donors (Lipinski definition) is 1. The van der Waals surface area contributed by atoms with Crippen LogP contribution in [0.2, 0.25) is 0 Å². The van der Waals surface area contributed by atoms with Gasteiger partial charge in [0, 0.05) is 48.1 Å². The van der Waals surface area contributed by atoms with Gasteiger partial charge in [0.05, 0.1) is 13.7 Å². The van der Waals surface area contributed by atoms with Crippen molar-refractivity contribution < 1.29 is 13.7 Å². The molecule has 108 valence electrons. The average molecular weight is 285 g/mol. The number of methoxy groups -OCH3 is 2. The van der Waals surface area contributed by atoms with Gasteiger partial charge >= 0.3 is 0 Å². The number of nitrogens with one attached hydrogen (secondary N) is 1.